The Kier molecular flexibility index (Phi) is 2.75. The Labute approximate surface area is 90.0 Å². The summed E-state index contributed by atoms with van der Waals surface area (Å²) in [4.78, 5) is 29.9. The first kappa shape index (κ1) is 11.9. The molecule has 1 heterocycles. The van der Waals surface area contributed by atoms with Crippen molar-refractivity contribution in [2.75, 3.05) is 42.3 Å². The Balaban J connectivity index is 3.31. The second kappa shape index (κ2) is 3.46. The van der Waals surface area contributed by atoms with Crippen LogP contribution in [0.3, 0.4) is 0 Å². The van der Waals surface area contributed by atoms with Crippen molar-refractivity contribution in [1.82, 2.24) is 19.6 Å². The zero-order valence-corrected chi connectivity index (χ0v) is 10.1. The zero-order valence-electron chi connectivity index (χ0n) is 10.1. The van der Waals surface area contributed by atoms with Crippen molar-refractivity contribution in [2.45, 2.75) is 5.79 Å². The maximum atomic E-state index is 12.1. The second-order valence-electron chi connectivity index (χ2n) is 4.13. The Morgan fingerprint density at radius 3 is 1.53 bits per heavy atom. The Morgan fingerprint density at radius 2 is 1.40 bits per heavy atom. The molecule has 6 heteroatoms. The number of carbonyl (C=O) groups is 2. The van der Waals surface area contributed by atoms with Gasteiger partial charge in [-0.1, -0.05) is 0 Å². The van der Waals surface area contributed by atoms with E-state index in [4.69, 9.17) is 0 Å². The largest absolute Gasteiger partial charge is 0.329 e. The molecule has 0 aromatic carbocycles. The molecule has 1 rings (SSSR count). The minimum Gasteiger partial charge on any atom is -0.288 e. The van der Waals surface area contributed by atoms with Gasteiger partial charge in [-0.2, -0.15) is 0 Å². The predicted octanol–water partition coefficient (Wildman–Crippen LogP) is -0.713. The number of imide groups is 1. The highest BCUT2D eigenvalue weighted by Gasteiger charge is 2.58. The maximum Gasteiger partial charge on any atom is 0.329 e. The van der Waals surface area contributed by atoms with Crippen molar-refractivity contribution in [3.8, 4) is 0 Å². The number of hydrogen-bond donors (Lipinski definition) is 0. The van der Waals surface area contributed by atoms with Gasteiger partial charge in [-0.05, 0) is 28.2 Å². The topological polar surface area (TPSA) is 47.1 Å². The Morgan fingerprint density at radius 1 is 1.00 bits per heavy atom. The number of nitrogens with zero attached hydrogens (tertiary/aromatic N) is 4. The molecule has 0 saturated carbocycles. The van der Waals surface area contributed by atoms with Crippen LogP contribution in [0.5, 0.6) is 0 Å². The van der Waals surface area contributed by atoms with Crippen LogP contribution in [-0.2, 0) is 4.79 Å². The van der Waals surface area contributed by atoms with Crippen molar-refractivity contribution in [3.05, 3.63) is 0 Å². The van der Waals surface area contributed by atoms with E-state index in [1.54, 1.807) is 45.0 Å². The number of hydrogen-bond acceptors (Lipinski definition) is 4. The predicted molar refractivity (Wildman–Crippen MR) is 56.0 cm³/mol. The molecule has 0 radical (unpaired) electrons. The molecule has 1 fully saturated rings. The number of likely N-dealkylation sites (N-methyl/N-ethyl adjacent to an activating group) is 4. The summed E-state index contributed by atoms with van der Waals surface area (Å²) in [6.07, 6.45) is 0. The molecule has 0 aliphatic carbocycles. The molecule has 1 saturated heterocycles. The van der Waals surface area contributed by atoms with Crippen molar-refractivity contribution < 1.29 is 9.59 Å². The fourth-order valence-electron chi connectivity index (χ4n) is 2.20. The molecule has 3 amide bonds. The van der Waals surface area contributed by atoms with E-state index in [9.17, 15) is 9.59 Å². The molecule has 0 aromatic heterocycles. The molecule has 0 unspecified atom stereocenters. The van der Waals surface area contributed by atoms with Gasteiger partial charge in [-0.3, -0.25) is 24.4 Å². The van der Waals surface area contributed by atoms with Gasteiger partial charge >= 0.3 is 6.03 Å². The molecular weight excluding hydrogens is 196 g/mol. The number of rotatable bonds is 2. The van der Waals surface area contributed by atoms with Gasteiger partial charge in [-0.25, -0.2) is 4.79 Å². The molecule has 1 aliphatic rings. The van der Waals surface area contributed by atoms with Crippen molar-refractivity contribution in [2.24, 2.45) is 0 Å². The summed E-state index contributed by atoms with van der Waals surface area (Å²) < 4.78 is 0. The summed E-state index contributed by atoms with van der Waals surface area (Å²) in [6, 6.07) is -0.289. The lowest BCUT2D eigenvalue weighted by atomic mass is 10.2. The quantitative estimate of drug-likeness (QED) is 0.450. The fraction of sp³-hybridized carbons (Fsp3) is 0.778. The van der Waals surface area contributed by atoms with Crippen LogP contribution in [0.4, 0.5) is 4.79 Å². The van der Waals surface area contributed by atoms with Crippen LogP contribution in [0.1, 0.15) is 0 Å². The van der Waals surface area contributed by atoms with Crippen molar-refractivity contribution in [3.63, 3.8) is 0 Å². The number of carbonyl (C=O) groups excluding carboxylic acids is 2. The highest BCUT2D eigenvalue weighted by Crippen LogP contribution is 2.29. The Hall–Kier alpha value is -1.14. The van der Waals surface area contributed by atoms with E-state index < -0.39 is 5.79 Å². The fourth-order valence-corrected chi connectivity index (χ4v) is 2.20. The third-order valence-corrected chi connectivity index (χ3v) is 2.88. The molecule has 15 heavy (non-hydrogen) atoms. The van der Waals surface area contributed by atoms with Gasteiger partial charge < -0.3 is 0 Å². The van der Waals surface area contributed by atoms with E-state index in [1.807, 2.05) is 0 Å². The summed E-state index contributed by atoms with van der Waals surface area (Å²) in [7, 11) is 10.2. The van der Waals surface area contributed by atoms with Crippen LogP contribution < -0.4 is 0 Å². The van der Waals surface area contributed by atoms with E-state index in [1.165, 1.54) is 11.9 Å². The van der Waals surface area contributed by atoms with Gasteiger partial charge in [0.1, 0.15) is 0 Å². The lowest BCUT2D eigenvalue weighted by Crippen LogP contribution is -2.66. The molecule has 0 atom stereocenters. The summed E-state index contributed by atoms with van der Waals surface area (Å²) in [6.45, 7) is 0. The first-order valence-corrected chi connectivity index (χ1v) is 4.68. The SMILES string of the molecule is CN1C(=O)N(C)C(N(C)C)(N(C)C)C1=O. The lowest BCUT2D eigenvalue weighted by Gasteiger charge is -2.43. The third kappa shape index (κ3) is 1.25. The first-order chi connectivity index (χ1) is 6.77. The molecule has 0 bridgehead atoms. The van der Waals surface area contributed by atoms with Gasteiger partial charge in [-0.15, -0.1) is 0 Å². The molecule has 0 spiro atoms. The highest BCUT2D eigenvalue weighted by molar-refractivity contribution is 6.05. The Bertz CT molecular complexity index is 292. The normalized spacial score (nSPS) is 21.1. The van der Waals surface area contributed by atoms with Crippen LogP contribution in [0.2, 0.25) is 0 Å². The van der Waals surface area contributed by atoms with Crippen LogP contribution in [0, 0.1) is 0 Å². The summed E-state index contributed by atoms with van der Waals surface area (Å²) in [5, 5.41) is 0. The molecule has 0 aromatic rings. The van der Waals surface area contributed by atoms with Crippen LogP contribution in [-0.4, -0.2) is 79.6 Å². The average molecular weight is 214 g/mol. The molecule has 6 nitrogen and oxygen atoms in total. The van der Waals surface area contributed by atoms with E-state index in [0.29, 0.717) is 0 Å². The minimum atomic E-state index is -1.01. The monoisotopic (exact) mass is 214 g/mol. The smallest absolute Gasteiger partial charge is 0.288 e. The summed E-state index contributed by atoms with van der Waals surface area (Å²) in [5.74, 6) is -1.24. The third-order valence-electron chi connectivity index (χ3n) is 2.88. The van der Waals surface area contributed by atoms with Crippen LogP contribution in [0.15, 0.2) is 0 Å². The van der Waals surface area contributed by atoms with Gasteiger partial charge in [0, 0.05) is 14.1 Å². The van der Waals surface area contributed by atoms with Gasteiger partial charge in [0.05, 0.1) is 0 Å². The average Bonchev–Trinajstić information content (AvgIpc) is 2.29. The molecule has 1 aliphatic heterocycles. The minimum absolute atomic E-state index is 0.231. The molecule has 86 valence electrons. The van der Waals surface area contributed by atoms with Gasteiger partial charge in [0.15, 0.2) is 0 Å². The number of amides is 3. The molecular formula is C9H18N4O2. The summed E-state index contributed by atoms with van der Waals surface area (Å²) in [5.41, 5.74) is 0. The van der Waals surface area contributed by atoms with Crippen molar-refractivity contribution in [1.29, 1.82) is 0 Å². The highest BCUT2D eigenvalue weighted by atomic mass is 16.2. The van der Waals surface area contributed by atoms with E-state index in [-0.39, 0.29) is 11.9 Å². The summed E-state index contributed by atoms with van der Waals surface area (Å²) >= 11 is 0. The standard InChI is InChI=1S/C9H18N4O2/c1-10(2)9(11(3)4)7(14)12(5)8(15)13(9)6/h1-6H3. The van der Waals surface area contributed by atoms with Crippen LogP contribution >= 0.6 is 0 Å². The van der Waals surface area contributed by atoms with Crippen LogP contribution in [0.25, 0.3) is 0 Å². The first-order valence-electron chi connectivity index (χ1n) is 4.68. The molecule has 0 N–H and O–H groups in total. The van der Waals surface area contributed by atoms with Crippen molar-refractivity contribution >= 4 is 11.9 Å². The lowest BCUT2D eigenvalue weighted by molar-refractivity contribution is -0.155. The van der Waals surface area contributed by atoms with E-state index in [0.717, 1.165) is 4.90 Å². The second-order valence-corrected chi connectivity index (χ2v) is 4.13. The zero-order chi connectivity index (χ0) is 12.0. The van der Waals surface area contributed by atoms with E-state index in [2.05, 4.69) is 0 Å². The number of urea groups is 1. The van der Waals surface area contributed by atoms with E-state index >= 15 is 0 Å². The van der Waals surface area contributed by atoms with Gasteiger partial charge in [0.2, 0.25) is 5.79 Å². The maximum absolute atomic E-state index is 12.1. The van der Waals surface area contributed by atoms with Gasteiger partial charge in [0.25, 0.3) is 5.91 Å².